The number of hydrogen-bond acceptors (Lipinski definition) is 9. The van der Waals surface area contributed by atoms with Crippen molar-refractivity contribution in [2.75, 3.05) is 13.2 Å². The highest BCUT2D eigenvalue weighted by Crippen LogP contribution is 2.22. The van der Waals surface area contributed by atoms with Gasteiger partial charge in [0, 0.05) is 0 Å². The summed E-state index contributed by atoms with van der Waals surface area (Å²) in [5.74, 6) is -0.628. The van der Waals surface area contributed by atoms with Crippen LogP contribution >= 0.6 is 0 Å². The van der Waals surface area contributed by atoms with E-state index in [4.69, 9.17) is 9.47 Å². The Morgan fingerprint density at radius 2 is 1.27 bits per heavy atom. The van der Waals surface area contributed by atoms with E-state index in [1.54, 1.807) is 6.08 Å². The van der Waals surface area contributed by atoms with Crippen LogP contribution in [0.3, 0.4) is 0 Å². The van der Waals surface area contributed by atoms with Gasteiger partial charge in [-0.2, -0.15) is 0 Å². The van der Waals surface area contributed by atoms with Gasteiger partial charge in [-0.1, -0.05) is 153 Å². The third-order valence-corrected chi connectivity index (χ3v) is 10.00. The quantitative estimate of drug-likeness (QED) is 0.0301. The van der Waals surface area contributed by atoms with Crippen molar-refractivity contribution in [3.8, 4) is 0 Å². The zero-order valence-corrected chi connectivity index (χ0v) is 32.4. The first-order valence-corrected chi connectivity index (χ1v) is 20.6. The number of carbonyl (C=O) groups is 1. The van der Waals surface area contributed by atoms with E-state index in [2.05, 4.69) is 32.2 Å². The van der Waals surface area contributed by atoms with Crippen LogP contribution in [0.25, 0.3) is 0 Å². The first-order chi connectivity index (χ1) is 24.7. The normalized spacial score (nSPS) is 23.1. The number of allylic oxidation sites excluding steroid dienone is 3. The number of amides is 1. The van der Waals surface area contributed by atoms with Crippen molar-refractivity contribution in [2.45, 2.75) is 217 Å². The topological polar surface area (TPSA) is 169 Å². The van der Waals surface area contributed by atoms with Gasteiger partial charge in [-0.25, -0.2) is 0 Å². The van der Waals surface area contributed by atoms with E-state index in [-0.39, 0.29) is 6.61 Å². The lowest BCUT2D eigenvalue weighted by Gasteiger charge is -2.40. The molecule has 7 N–H and O–H groups in total. The zero-order chi connectivity index (χ0) is 37.7. The van der Waals surface area contributed by atoms with Gasteiger partial charge >= 0.3 is 0 Å². The van der Waals surface area contributed by atoms with Crippen molar-refractivity contribution in [1.82, 2.24) is 5.32 Å². The van der Waals surface area contributed by atoms with Gasteiger partial charge < -0.3 is 45.4 Å². The van der Waals surface area contributed by atoms with Gasteiger partial charge in [0.1, 0.15) is 30.5 Å². The summed E-state index contributed by atoms with van der Waals surface area (Å²) in [6.07, 6.45) is 22.0. The molecule has 1 rings (SSSR count). The molecule has 10 nitrogen and oxygen atoms in total. The fourth-order valence-corrected chi connectivity index (χ4v) is 6.48. The van der Waals surface area contributed by atoms with E-state index in [1.165, 1.54) is 102 Å². The van der Waals surface area contributed by atoms with Crippen LogP contribution in [-0.4, -0.2) is 98.7 Å². The zero-order valence-electron chi connectivity index (χ0n) is 32.4. The molecular weight excluding hydrogens is 650 g/mol. The lowest BCUT2D eigenvalue weighted by atomic mass is 9.99. The SMILES string of the molecule is CCCCCCCCCCCCCCC(O)C(=O)NC(CO[C@@H]1OC(CO)[C@H](O)[C@H](O)C1O)C(O)/C=C/CC/C=C(\C)CCCCCCCCC. The molecule has 0 radical (unpaired) electrons. The van der Waals surface area contributed by atoms with Crippen LogP contribution in [-0.2, 0) is 14.3 Å². The molecule has 0 aromatic heterocycles. The molecule has 10 heteroatoms. The second kappa shape index (κ2) is 31.0. The predicted octanol–water partition coefficient (Wildman–Crippen LogP) is 6.52. The highest BCUT2D eigenvalue weighted by atomic mass is 16.7. The third kappa shape index (κ3) is 22.4. The molecule has 0 spiro atoms. The van der Waals surface area contributed by atoms with Crippen LogP contribution in [0.2, 0.25) is 0 Å². The highest BCUT2D eigenvalue weighted by molar-refractivity contribution is 5.80. The fraction of sp³-hybridized carbons (Fsp3) is 0.878. The van der Waals surface area contributed by atoms with Crippen LogP contribution in [0.4, 0.5) is 0 Å². The van der Waals surface area contributed by atoms with Gasteiger partial charge in [0.25, 0.3) is 0 Å². The van der Waals surface area contributed by atoms with Gasteiger partial charge in [0.2, 0.25) is 5.91 Å². The van der Waals surface area contributed by atoms with Gasteiger partial charge in [0.15, 0.2) is 6.29 Å². The number of rotatable bonds is 32. The van der Waals surface area contributed by atoms with E-state index in [0.717, 1.165) is 32.1 Å². The van der Waals surface area contributed by atoms with Crippen molar-refractivity contribution >= 4 is 5.91 Å². The molecule has 1 amide bonds. The monoisotopic (exact) mass is 728 g/mol. The van der Waals surface area contributed by atoms with Gasteiger partial charge in [-0.3, -0.25) is 4.79 Å². The van der Waals surface area contributed by atoms with Crippen LogP contribution in [0, 0.1) is 0 Å². The maximum absolute atomic E-state index is 13.0. The summed E-state index contributed by atoms with van der Waals surface area (Å²) in [4.78, 5) is 13.0. The largest absolute Gasteiger partial charge is 0.394 e. The first kappa shape index (κ1) is 47.7. The molecule has 5 unspecified atom stereocenters. The maximum Gasteiger partial charge on any atom is 0.249 e. The minimum absolute atomic E-state index is 0.306. The number of nitrogens with one attached hydrogen (secondary N) is 1. The van der Waals surface area contributed by atoms with E-state index in [0.29, 0.717) is 19.3 Å². The highest BCUT2D eigenvalue weighted by Gasteiger charge is 2.44. The van der Waals surface area contributed by atoms with Crippen LogP contribution in [0.1, 0.15) is 168 Å². The Bertz CT molecular complexity index is 898. The van der Waals surface area contributed by atoms with E-state index >= 15 is 0 Å². The minimum Gasteiger partial charge on any atom is -0.394 e. The summed E-state index contributed by atoms with van der Waals surface area (Å²) < 4.78 is 11.1. The lowest BCUT2D eigenvalue weighted by molar-refractivity contribution is -0.302. The van der Waals surface area contributed by atoms with Crippen LogP contribution in [0.15, 0.2) is 23.8 Å². The molecule has 1 saturated heterocycles. The second-order valence-corrected chi connectivity index (χ2v) is 14.8. The number of aliphatic hydroxyl groups is 6. The Balaban J connectivity index is 2.59. The summed E-state index contributed by atoms with van der Waals surface area (Å²) in [7, 11) is 0. The lowest BCUT2D eigenvalue weighted by Crippen LogP contribution is -2.60. The smallest absolute Gasteiger partial charge is 0.249 e. The number of ether oxygens (including phenoxy) is 2. The number of unbranched alkanes of at least 4 members (excludes halogenated alkanes) is 18. The first-order valence-electron chi connectivity index (χ1n) is 20.6. The average molecular weight is 728 g/mol. The number of carbonyl (C=O) groups excluding carboxylic acids is 1. The van der Waals surface area contributed by atoms with E-state index < -0.39 is 61.5 Å². The maximum atomic E-state index is 13.0. The van der Waals surface area contributed by atoms with Crippen LogP contribution in [0.5, 0.6) is 0 Å². The summed E-state index contributed by atoms with van der Waals surface area (Å²) in [5.41, 5.74) is 1.36. The minimum atomic E-state index is -1.61. The molecule has 8 atom stereocenters. The Labute approximate surface area is 310 Å². The summed E-state index contributed by atoms with van der Waals surface area (Å²) in [6, 6.07) is -0.993. The van der Waals surface area contributed by atoms with E-state index in [1.807, 2.05) is 6.08 Å². The molecule has 1 aliphatic heterocycles. The Morgan fingerprint density at radius 3 is 1.82 bits per heavy atom. The van der Waals surface area contributed by atoms with Gasteiger partial charge in [0.05, 0.1) is 25.4 Å². The average Bonchev–Trinajstić information content (AvgIpc) is 3.12. The Morgan fingerprint density at radius 1 is 0.745 bits per heavy atom. The van der Waals surface area contributed by atoms with E-state index in [9.17, 15) is 35.4 Å². The molecule has 0 aromatic carbocycles. The van der Waals surface area contributed by atoms with Gasteiger partial charge in [-0.15, -0.1) is 0 Å². The Hall–Kier alpha value is -1.37. The standard InChI is InChI=1S/C41H77NO9/c1-4-6-8-10-12-13-14-15-16-18-20-24-29-35(45)40(49)42-33(31-50-41-39(48)38(47)37(46)36(30-43)51-41)34(44)28-25-21-23-27-32(3)26-22-19-17-11-9-7-5-2/h25,27-28,33-39,41,43-48H,4-24,26,29-31H2,1-3H3,(H,42,49)/b28-25+,32-27+/t33?,34?,35?,36?,37-,38-,39?,41+/m0/s1. The molecule has 0 aromatic rings. The molecule has 1 fully saturated rings. The summed E-state index contributed by atoms with van der Waals surface area (Å²) >= 11 is 0. The number of aliphatic hydroxyl groups excluding tert-OH is 6. The van der Waals surface area contributed by atoms with Gasteiger partial charge in [-0.05, 0) is 39.0 Å². The molecule has 1 aliphatic rings. The van der Waals surface area contributed by atoms with Crippen molar-refractivity contribution < 1.29 is 44.9 Å². The van der Waals surface area contributed by atoms with Crippen molar-refractivity contribution in [2.24, 2.45) is 0 Å². The number of hydrogen-bond donors (Lipinski definition) is 7. The van der Waals surface area contributed by atoms with Crippen LogP contribution < -0.4 is 5.32 Å². The Kier molecular flexibility index (Phi) is 29.0. The van der Waals surface area contributed by atoms with Crippen molar-refractivity contribution in [3.05, 3.63) is 23.8 Å². The molecule has 0 saturated carbocycles. The molecule has 0 bridgehead atoms. The molecular formula is C41H77NO9. The predicted molar refractivity (Wildman–Crippen MR) is 204 cm³/mol. The fourth-order valence-electron chi connectivity index (χ4n) is 6.48. The van der Waals surface area contributed by atoms with Crippen molar-refractivity contribution in [3.63, 3.8) is 0 Å². The molecule has 300 valence electrons. The summed E-state index contributed by atoms with van der Waals surface area (Å²) in [5, 5.41) is 64.5. The molecule has 1 heterocycles. The third-order valence-electron chi connectivity index (χ3n) is 10.00. The van der Waals surface area contributed by atoms with Crippen molar-refractivity contribution in [1.29, 1.82) is 0 Å². The summed E-state index contributed by atoms with van der Waals surface area (Å²) in [6.45, 7) is 5.70. The molecule has 51 heavy (non-hydrogen) atoms. The second-order valence-electron chi connectivity index (χ2n) is 14.8. The molecule has 0 aliphatic carbocycles.